The highest BCUT2D eigenvalue weighted by atomic mass is 31.2. The molecule has 1 amide bonds. The van der Waals surface area contributed by atoms with Crippen molar-refractivity contribution in [3.63, 3.8) is 0 Å². The molecule has 0 bridgehead atoms. The molecule has 2 rings (SSSR count). The third-order valence-electron chi connectivity index (χ3n) is 2.48. The maximum atomic E-state index is 11.6. The largest absolute Gasteiger partial charge is 0.363 e. The Morgan fingerprint density at radius 2 is 2.30 bits per heavy atom. The van der Waals surface area contributed by atoms with Crippen molar-refractivity contribution in [1.82, 2.24) is 14.8 Å². The molecule has 0 aliphatic carbocycles. The van der Waals surface area contributed by atoms with Crippen molar-refractivity contribution in [2.24, 2.45) is 5.73 Å². The van der Waals surface area contributed by atoms with E-state index in [2.05, 4.69) is 10.1 Å². The number of rotatable bonds is 4. The molecule has 108 valence electrons. The van der Waals surface area contributed by atoms with Gasteiger partial charge in [-0.15, -0.1) is 5.10 Å². The summed E-state index contributed by atoms with van der Waals surface area (Å²) < 4.78 is 17.1. The summed E-state index contributed by atoms with van der Waals surface area (Å²) in [6.45, 7) is 0. The number of hydrogen-bond acceptors (Lipinski definition) is 6. The first-order valence-electron chi connectivity index (χ1n) is 5.40. The normalized spacial score (nSPS) is 23.6. The molecule has 2 atom stereocenters. The maximum absolute atomic E-state index is 11.6. The molecule has 0 saturated carbocycles. The number of hydrogen-bond donors (Lipinski definition) is 3. The zero-order valence-electron chi connectivity index (χ0n) is 9.99. The Balaban J connectivity index is 2.10. The number of carbonyl (C=O) groups is 2. The van der Waals surface area contributed by atoms with Gasteiger partial charge in [0.25, 0.3) is 5.91 Å². The van der Waals surface area contributed by atoms with Gasteiger partial charge in [-0.25, -0.2) is 9.67 Å². The van der Waals surface area contributed by atoms with Crippen LogP contribution < -0.4 is 5.73 Å². The summed E-state index contributed by atoms with van der Waals surface area (Å²) in [7, 11) is -4.35. The van der Waals surface area contributed by atoms with Crippen molar-refractivity contribution in [1.29, 1.82) is 0 Å². The van der Waals surface area contributed by atoms with Gasteiger partial charge in [-0.05, 0) is 6.08 Å². The van der Waals surface area contributed by atoms with Crippen LogP contribution >= 0.6 is 7.60 Å². The molecule has 20 heavy (non-hydrogen) atoms. The van der Waals surface area contributed by atoms with Gasteiger partial charge in [0.05, 0.1) is 6.42 Å². The second-order valence-electron chi connectivity index (χ2n) is 4.02. The van der Waals surface area contributed by atoms with Gasteiger partial charge in [0.1, 0.15) is 12.4 Å². The van der Waals surface area contributed by atoms with Gasteiger partial charge in [-0.1, -0.05) is 0 Å². The number of nitrogens with zero attached hydrogens (tertiary/aromatic N) is 3. The zero-order valence-corrected chi connectivity index (χ0v) is 10.9. The van der Waals surface area contributed by atoms with Crippen molar-refractivity contribution in [3.05, 3.63) is 24.0 Å². The van der Waals surface area contributed by atoms with E-state index >= 15 is 0 Å². The van der Waals surface area contributed by atoms with Crippen LogP contribution in [-0.2, 0) is 14.1 Å². The zero-order chi connectivity index (χ0) is 14.9. The quantitative estimate of drug-likeness (QED) is 0.593. The number of nitrogens with two attached hydrogens (primary N) is 1. The Morgan fingerprint density at radius 3 is 2.85 bits per heavy atom. The summed E-state index contributed by atoms with van der Waals surface area (Å²) in [6.07, 6.45) is 0.253. The molecule has 1 fully saturated rings. The monoisotopic (exact) mass is 302 g/mol. The number of Topliss-reactive ketones (excluding diaryl/α,β-unsaturated/α-hetero) is 1. The first-order valence-corrected chi connectivity index (χ1v) is 7.08. The van der Waals surface area contributed by atoms with Gasteiger partial charge in [0.15, 0.2) is 12.0 Å². The summed E-state index contributed by atoms with van der Waals surface area (Å²) in [5.41, 5.74) is 4.99. The minimum atomic E-state index is -4.35. The molecule has 1 aliphatic heterocycles. The summed E-state index contributed by atoms with van der Waals surface area (Å²) in [4.78, 5) is 43.5. The van der Waals surface area contributed by atoms with Crippen LogP contribution in [0.15, 0.2) is 18.2 Å². The highest BCUT2D eigenvalue weighted by Gasteiger charge is 2.34. The van der Waals surface area contributed by atoms with Crippen LogP contribution in [0.4, 0.5) is 0 Å². The summed E-state index contributed by atoms with van der Waals surface area (Å²) in [5.74, 6) is -0.786. The van der Waals surface area contributed by atoms with E-state index in [-0.39, 0.29) is 18.0 Å². The Hall–Kier alpha value is -1.87. The topological polar surface area (TPSA) is 158 Å². The van der Waals surface area contributed by atoms with E-state index in [4.69, 9.17) is 20.3 Å². The van der Waals surface area contributed by atoms with Gasteiger partial charge < -0.3 is 20.3 Å². The molecular weight excluding hydrogens is 291 g/mol. The van der Waals surface area contributed by atoms with Gasteiger partial charge in [0, 0.05) is 5.82 Å². The molecule has 0 aromatic carbocycles. The highest BCUT2D eigenvalue weighted by Crippen LogP contribution is 2.37. The van der Waals surface area contributed by atoms with Crippen LogP contribution in [0.3, 0.4) is 0 Å². The number of aromatic nitrogens is 3. The third kappa shape index (κ3) is 3.36. The van der Waals surface area contributed by atoms with E-state index < -0.39 is 25.8 Å². The van der Waals surface area contributed by atoms with E-state index in [1.54, 1.807) is 0 Å². The molecule has 1 aromatic heterocycles. The minimum Gasteiger partial charge on any atom is -0.363 e. The number of primary amides is 1. The summed E-state index contributed by atoms with van der Waals surface area (Å²) >= 11 is 0. The van der Waals surface area contributed by atoms with Crippen LogP contribution in [-0.4, -0.2) is 42.3 Å². The smallest absolute Gasteiger partial charge is 0.348 e. The molecule has 2 heterocycles. The van der Waals surface area contributed by atoms with Gasteiger partial charge >= 0.3 is 7.60 Å². The summed E-state index contributed by atoms with van der Waals surface area (Å²) in [6, 6.07) is 0. The standard InChI is InChI=1S/C9H11N4O6P/c10-8(15)9-11-4-13(12-9)7-3-5(14)6(19-7)1-2-20(16,17)18/h1-2,4,6-7H,3H2,(H2,10,15)(H2,16,17,18)/b2-1+/t6-,7-/m1/s1. The molecule has 1 aliphatic rings. The molecule has 11 heteroatoms. The lowest BCUT2D eigenvalue weighted by Gasteiger charge is -2.09. The van der Waals surface area contributed by atoms with E-state index in [9.17, 15) is 14.2 Å². The molecule has 1 aromatic rings. The molecule has 10 nitrogen and oxygen atoms in total. The summed E-state index contributed by atoms with van der Waals surface area (Å²) in [5, 5.41) is 3.75. The van der Waals surface area contributed by atoms with Crippen molar-refractivity contribution in [2.75, 3.05) is 0 Å². The lowest BCUT2D eigenvalue weighted by molar-refractivity contribution is -0.120. The van der Waals surface area contributed by atoms with Crippen LogP contribution in [0.1, 0.15) is 23.3 Å². The number of ketones is 1. The lowest BCUT2D eigenvalue weighted by atomic mass is 10.2. The van der Waals surface area contributed by atoms with E-state index in [0.29, 0.717) is 5.82 Å². The second-order valence-corrected chi connectivity index (χ2v) is 5.50. The second kappa shape index (κ2) is 5.25. The lowest BCUT2D eigenvalue weighted by Crippen LogP contribution is -2.15. The van der Waals surface area contributed by atoms with E-state index in [1.807, 2.05) is 0 Å². The fourth-order valence-electron chi connectivity index (χ4n) is 1.61. The number of ether oxygens (including phenoxy) is 1. The number of carbonyl (C=O) groups excluding carboxylic acids is 2. The molecule has 0 radical (unpaired) electrons. The SMILES string of the molecule is NC(=O)c1ncn([C@H]2CC(=O)[C@@H](/C=C/P(=O)(O)O)O2)n1. The average Bonchev–Trinajstić information content (AvgIpc) is 2.91. The first-order chi connectivity index (χ1) is 9.26. The van der Waals surface area contributed by atoms with Crippen molar-refractivity contribution in [2.45, 2.75) is 18.8 Å². The van der Waals surface area contributed by atoms with Crippen LogP contribution in [0.25, 0.3) is 0 Å². The number of amides is 1. The predicted molar refractivity (Wildman–Crippen MR) is 63.3 cm³/mol. The minimum absolute atomic E-state index is 0.0578. The Bertz CT molecular complexity index is 620. The van der Waals surface area contributed by atoms with Gasteiger partial charge in [-0.2, -0.15) is 0 Å². The molecule has 1 saturated heterocycles. The molecule has 0 unspecified atom stereocenters. The fourth-order valence-corrected chi connectivity index (χ4v) is 1.99. The predicted octanol–water partition coefficient (Wildman–Crippen LogP) is -1.08. The van der Waals surface area contributed by atoms with Crippen molar-refractivity contribution >= 4 is 19.3 Å². The Kier molecular flexibility index (Phi) is 3.82. The van der Waals surface area contributed by atoms with Crippen LogP contribution in [0.2, 0.25) is 0 Å². The third-order valence-corrected chi connectivity index (χ3v) is 3.04. The van der Waals surface area contributed by atoms with Crippen molar-refractivity contribution in [3.8, 4) is 0 Å². The molecule has 0 spiro atoms. The van der Waals surface area contributed by atoms with Gasteiger partial charge in [-0.3, -0.25) is 14.2 Å². The Morgan fingerprint density at radius 1 is 1.60 bits per heavy atom. The maximum Gasteiger partial charge on any atom is 0.348 e. The van der Waals surface area contributed by atoms with Crippen molar-refractivity contribution < 1.29 is 28.7 Å². The van der Waals surface area contributed by atoms with E-state index in [0.717, 1.165) is 10.8 Å². The fraction of sp³-hybridized carbons (Fsp3) is 0.333. The molecular formula is C9H11N4O6P. The van der Waals surface area contributed by atoms with E-state index in [1.165, 1.54) is 6.33 Å². The average molecular weight is 302 g/mol. The molecule has 4 N–H and O–H groups in total. The van der Waals surface area contributed by atoms with Crippen LogP contribution in [0.5, 0.6) is 0 Å². The highest BCUT2D eigenvalue weighted by molar-refractivity contribution is 7.55. The van der Waals surface area contributed by atoms with Gasteiger partial charge in [0.2, 0.25) is 5.82 Å². The Labute approximate surface area is 112 Å². The first kappa shape index (κ1) is 14.5. The van der Waals surface area contributed by atoms with Crippen LogP contribution in [0, 0.1) is 0 Å².